The number of benzene rings is 2. The molecule has 4 aromatic rings. The highest BCUT2D eigenvalue weighted by atomic mass is 32.2. The third-order valence-electron chi connectivity index (χ3n) is 4.77. The Labute approximate surface area is 179 Å². The van der Waals surface area contributed by atoms with Gasteiger partial charge in [-0.15, -0.1) is 0 Å². The molecular formula is C23H20N4O3S. The number of aromatic nitrogens is 2. The van der Waals surface area contributed by atoms with Crippen LogP contribution in [-0.4, -0.2) is 30.2 Å². The minimum atomic E-state index is -3.48. The van der Waals surface area contributed by atoms with Crippen LogP contribution in [0, 0.1) is 0 Å². The zero-order valence-corrected chi connectivity index (χ0v) is 17.3. The van der Waals surface area contributed by atoms with Crippen molar-refractivity contribution in [1.82, 2.24) is 9.97 Å². The van der Waals surface area contributed by atoms with E-state index in [4.69, 9.17) is 5.73 Å². The fourth-order valence-corrected chi connectivity index (χ4v) is 4.27. The number of carbonyl (C=O) groups is 1. The third-order valence-corrected chi connectivity index (χ3v) is 6.28. The maximum absolute atomic E-state index is 12.4. The van der Waals surface area contributed by atoms with Gasteiger partial charge in [-0.3, -0.25) is 4.79 Å². The fraction of sp³-hybridized carbons (Fsp3) is 0.0435. The molecule has 0 aliphatic heterocycles. The molecule has 0 saturated heterocycles. The maximum atomic E-state index is 12.4. The molecule has 0 saturated carbocycles. The first-order chi connectivity index (χ1) is 14.9. The minimum absolute atomic E-state index is 0.246. The monoisotopic (exact) mass is 432 g/mol. The average Bonchev–Trinajstić information content (AvgIpc) is 3.19. The number of nitrogens with one attached hydrogen (secondary N) is 2. The normalized spacial score (nSPS) is 12.1. The van der Waals surface area contributed by atoms with Crippen LogP contribution in [0.4, 0.5) is 5.82 Å². The molecule has 156 valence electrons. The summed E-state index contributed by atoms with van der Waals surface area (Å²) in [4.78, 5) is 19.7. The number of sulfone groups is 1. The number of aromatic amines is 1. The number of pyridine rings is 1. The summed E-state index contributed by atoms with van der Waals surface area (Å²) >= 11 is 0. The van der Waals surface area contributed by atoms with E-state index in [1.54, 1.807) is 48.7 Å². The highest BCUT2D eigenvalue weighted by Crippen LogP contribution is 2.24. The van der Waals surface area contributed by atoms with Gasteiger partial charge < -0.3 is 16.0 Å². The summed E-state index contributed by atoms with van der Waals surface area (Å²) in [5, 5.41) is 3.64. The van der Waals surface area contributed by atoms with Crippen LogP contribution in [0.25, 0.3) is 22.7 Å². The molecule has 2 heterocycles. The number of fused-ring (bicyclic) bond motifs is 1. The van der Waals surface area contributed by atoms with Gasteiger partial charge in [0.25, 0.3) is 0 Å². The SMILES string of the molecule is NC(=O)/C(=C\c1c[nH]c2nc(NCS(=O)(=O)c3ccccc3)ccc12)c1ccccc1. The van der Waals surface area contributed by atoms with E-state index in [0.29, 0.717) is 17.0 Å². The average molecular weight is 433 g/mol. The molecule has 2 aromatic carbocycles. The van der Waals surface area contributed by atoms with E-state index >= 15 is 0 Å². The number of rotatable bonds is 7. The Hall–Kier alpha value is -3.91. The van der Waals surface area contributed by atoms with Crippen LogP contribution >= 0.6 is 0 Å². The first-order valence-electron chi connectivity index (χ1n) is 9.51. The van der Waals surface area contributed by atoms with Crippen molar-refractivity contribution in [3.63, 3.8) is 0 Å². The Bertz CT molecular complexity index is 1360. The molecule has 0 atom stereocenters. The standard InChI is InChI=1S/C23H20N4O3S/c24-22(28)20(16-7-3-1-4-8-16)13-17-14-25-23-19(17)11-12-21(27-23)26-15-31(29,30)18-9-5-2-6-10-18/h1-14H,15H2,(H2,24,28)(H2,25,26,27)/b20-13-. The van der Waals surface area contributed by atoms with Gasteiger partial charge in [0.15, 0.2) is 9.84 Å². The summed E-state index contributed by atoms with van der Waals surface area (Å²) in [5.41, 5.74) is 8.01. The van der Waals surface area contributed by atoms with Crippen LogP contribution in [0.15, 0.2) is 83.9 Å². The lowest BCUT2D eigenvalue weighted by Crippen LogP contribution is -2.15. The molecule has 0 fully saturated rings. The number of hydrogen-bond acceptors (Lipinski definition) is 5. The minimum Gasteiger partial charge on any atom is -0.366 e. The van der Waals surface area contributed by atoms with Gasteiger partial charge in [-0.1, -0.05) is 48.5 Å². The van der Waals surface area contributed by atoms with E-state index < -0.39 is 15.7 Å². The van der Waals surface area contributed by atoms with Crippen molar-refractivity contribution in [2.45, 2.75) is 4.90 Å². The van der Waals surface area contributed by atoms with Crippen LogP contribution in [0.1, 0.15) is 11.1 Å². The highest BCUT2D eigenvalue weighted by molar-refractivity contribution is 7.91. The van der Waals surface area contributed by atoms with Crippen LogP contribution in [0.2, 0.25) is 0 Å². The lowest BCUT2D eigenvalue weighted by molar-refractivity contribution is -0.112. The summed E-state index contributed by atoms with van der Waals surface area (Å²) in [5.74, 6) is -0.386. The van der Waals surface area contributed by atoms with E-state index in [1.807, 2.05) is 36.4 Å². The third kappa shape index (κ3) is 4.49. The van der Waals surface area contributed by atoms with E-state index in [0.717, 1.165) is 16.5 Å². The first-order valence-corrected chi connectivity index (χ1v) is 11.2. The zero-order valence-electron chi connectivity index (χ0n) is 16.4. The number of nitrogens with two attached hydrogens (primary N) is 1. The Morgan fingerprint density at radius 3 is 2.35 bits per heavy atom. The number of amides is 1. The molecular weight excluding hydrogens is 412 g/mol. The lowest BCUT2D eigenvalue weighted by Gasteiger charge is -2.07. The van der Waals surface area contributed by atoms with Crippen molar-refractivity contribution in [2.24, 2.45) is 5.73 Å². The molecule has 31 heavy (non-hydrogen) atoms. The summed E-state index contributed by atoms with van der Waals surface area (Å²) in [6, 6.07) is 20.9. The molecule has 4 N–H and O–H groups in total. The van der Waals surface area contributed by atoms with E-state index in [1.165, 1.54) is 0 Å². The van der Waals surface area contributed by atoms with E-state index in [2.05, 4.69) is 15.3 Å². The highest BCUT2D eigenvalue weighted by Gasteiger charge is 2.15. The number of nitrogens with zero attached hydrogens (tertiary/aromatic N) is 1. The van der Waals surface area contributed by atoms with E-state index in [9.17, 15) is 13.2 Å². The van der Waals surface area contributed by atoms with Crippen LogP contribution in [0.3, 0.4) is 0 Å². The molecule has 0 unspecified atom stereocenters. The second kappa shape index (κ2) is 8.45. The smallest absolute Gasteiger partial charge is 0.249 e. The van der Waals surface area contributed by atoms with Crippen LogP contribution < -0.4 is 11.1 Å². The van der Waals surface area contributed by atoms with Gasteiger partial charge in [-0.25, -0.2) is 13.4 Å². The Morgan fingerprint density at radius 1 is 1.00 bits per heavy atom. The number of carbonyl (C=O) groups excluding carboxylic acids is 1. The molecule has 0 spiro atoms. The number of primary amides is 1. The second-order valence-electron chi connectivity index (χ2n) is 6.87. The topological polar surface area (TPSA) is 118 Å². The summed E-state index contributed by atoms with van der Waals surface area (Å²) in [6.45, 7) is 0. The predicted molar refractivity (Wildman–Crippen MR) is 122 cm³/mol. The first kappa shape index (κ1) is 20.4. The second-order valence-corrected chi connectivity index (χ2v) is 8.86. The van der Waals surface area contributed by atoms with Gasteiger partial charge >= 0.3 is 0 Å². The van der Waals surface area contributed by atoms with Gasteiger partial charge in [-0.2, -0.15) is 0 Å². The Balaban J connectivity index is 1.59. The number of hydrogen-bond donors (Lipinski definition) is 3. The van der Waals surface area contributed by atoms with Gasteiger partial charge in [0.2, 0.25) is 5.91 Å². The van der Waals surface area contributed by atoms with Crippen molar-refractivity contribution in [2.75, 3.05) is 11.2 Å². The van der Waals surface area contributed by atoms with Gasteiger partial charge in [-0.05, 0) is 35.9 Å². The Kier molecular flexibility index (Phi) is 5.55. The largest absolute Gasteiger partial charge is 0.366 e. The van der Waals surface area contributed by atoms with Gasteiger partial charge in [0, 0.05) is 22.7 Å². The van der Waals surface area contributed by atoms with Crippen molar-refractivity contribution in [3.05, 3.63) is 90.1 Å². The molecule has 0 radical (unpaired) electrons. The molecule has 2 aromatic heterocycles. The Morgan fingerprint density at radius 2 is 1.68 bits per heavy atom. The van der Waals surface area contributed by atoms with Crippen molar-refractivity contribution < 1.29 is 13.2 Å². The molecule has 0 aliphatic carbocycles. The number of anilines is 1. The molecule has 8 heteroatoms. The van der Waals surface area contributed by atoms with Crippen molar-refractivity contribution in [1.29, 1.82) is 0 Å². The van der Waals surface area contributed by atoms with E-state index in [-0.39, 0.29) is 10.8 Å². The number of H-pyrrole nitrogens is 1. The van der Waals surface area contributed by atoms with Crippen LogP contribution in [-0.2, 0) is 14.6 Å². The van der Waals surface area contributed by atoms with Gasteiger partial charge in [0.1, 0.15) is 17.3 Å². The molecule has 4 rings (SSSR count). The van der Waals surface area contributed by atoms with Crippen molar-refractivity contribution in [3.8, 4) is 0 Å². The predicted octanol–water partition coefficient (Wildman–Crippen LogP) is 3.43. The summed E-state index contributed by atoms with van der Waals surface area (Å²) in [6.07, 6.45) is 3.44. The molecule has 0 aliphatic rings. The molecule has 0 bridgehead atoms. The molecule has 7 nitrogen and oxygen atoms in total. The van der Waals surface area contributed by atoms with Crippen molar-refractivity contribution >= 4 is 44.2 Å². The maximum Gasteiger partial charge on any atom is 0.249 e. The van der Waals surface area contributed by atoms with Crippen LogP contribution in [0.5, 0.6) is 0 Å². The quantitative estimate of drug-likeness (QED) is 0.387. The summed E-state index contributed by atoms with van der Waals surface area (Å²) in [7, 11) is -3.48. The fourth-order valence-electron chi connectivity index (χ4n) is 3.19. The van der Waals surface area contributed by atoms with Gasteiger partial charge in [0.05, 0.1) is 4.90 Å². The lowest BCUT2D eigenvalue weighted by atomic mass is 10.0. The summed E-state index contributed by atoms with van der Waals surface area (Å²) < 4.78 is 24.9. The molecule has 1 amide bonds. The zero-order chi connectivity index (χ0) is 21.8.